The average Bonchev–Trinajstić information content (AvgIpc) is 2.46. The lowest BCUT2D eigenvalue weighted by Crippen LogP contribution is -2.24. The molecule has 1 aromatic heterocycles. The molecule has 2 nitrogen and oxygen atoms in total. The minimum absolute atomic E-state index is 0.254. The van der Waals surface area contributed by atoms with Crippen LogP contribution in [0.2, 0.25) is 0 Å². The van der Waals surface area contributed by atoms with Crippen molar-refractivity contribution in [1.82, 2.24) is 10.3 Å². The van der Waals surface area contributed by atoms with Gasteiger partial charge in [-0.25, -0.2) is 0 Å². The third-order valence-electron chi connectivity index (χ3n) is 3.10. The zero-order chi connectivity index (χ0) is 14.4. The topological polar surface area (TPSA) is 24.9 Å². The lowest BCUT2D eigenvalue weighted by atomic mass is 10.0. The van der Waals surface area contributed by atoms with Crippen molar-refractivity contribution >= 4 is 31.9 Å². The highest BCUT2D eigenvalue weighted by atomic mass is 79.9. The van der Waals surface area contributed by atoms with E-state index in [-0.39, 0.29) is 6.04 Å². The molecule has 1 N–H and O–H groups in total. The largest absolute Gasteiger partial charge is 0.308 e. The van der Waals surface area contributed by atoms with Crippen LogP contribution in [0.5, 0.6) is 0 Å². The summed E-state index contributed by atoms with van der Waals surface area (Å²) in [7, 11) is 0. The zero-order valence-corrected chi connectivity index (χ0v) is 14.6. The number of aromatic nitrogens is 1. The fraction of sp³-hybridized carbons (Fsp3) is 0.312. The SMILES string of the molecule is CCCNC(Cc1ccc(Br)cc1)c1ccc(Br)cn1. The first-order chi connectivity index (χ1) is 9.69. The molecule has 0 spiro atoms. The van der Waals surface area contributed by atoms with E-state index < -0.39 is 0 Å². The Morgan fingerprint density at radius 1 is 1.05 bits per heavy atom. The third kappa shape index (κ3) is 4.69. The molecule has 0 bridgehead atoms. The molecule has 1 atom stereocenters. The molecule has 0 aliphatic carbocycles. The van der Waals surface area contributed by atoms with Gasteiger partial charge in [-0.3, -0.25) is 4.98 Å². The summed E-state index contributed by atoms with van der Waals surface area (Å²) < 4.78 is 2.13. The predicted octanol–water partition coefficient (Wildman–Crippen LogP) is 4.89. The first-order valence-electron chi connectivity index (χ1n) is 6.78. The highest BCUT2D eigenvalue weighted by Gasteiger charge is 2.12. The summed E-state index contributed by atoms with van der Waals surface area (Å²) in [5.41, 5.74) is 2.40. The monoisotopic (exact) mass is 396 g/mol. The summed E-state index contributed by atoms with van der Waals surface area (Å²) in [6.45, 7) is 3.18. The van der Waals surface area contributed by atoms with E-state index in [1.54, 1.807) is 0 Å². The van der Waals surface area contributed by atoms with Gasteiger partial charge in [0.2, 0.25) is 0 Å². The molecule has 0 amide bonds. The lowest BCUT2D eigenvalue weighted by Gasteiger charge is -2.18. The molecular weight excluding hydrogens is 380 g/mol. The van der Waals surface area contributed by atoms with E-state index in [2.05, 4.69) is 79.4 Å². The zero-order valence-electron chi connectivity index (χ0n) is 11.4. The lowest BCUT2D eigenvalue weighted by molar-refractivity contribution is 0.518. The molecule has 0 aliphatic heterocycles. The Balaban J connectivity index is 2.14. The molecule has 1 heterocycles. The summed E-state index contributed by atoms with van der Waals surface area (Å²) in [6.07, 6.45) is 3.92. The van der Waals surface area contributed by atoms with Gasteiger partial charge in [-0.2, -0.15) is 0 Å². The molecule has 0 fully saturated rings. The number of rotatable bonds is 6. The number of nitrogens with one attached hydrogen (secondary N) is 1. The molecule has 2 rings (SSSR count). The van der Waals surface area contributed by atoms with Crippen LogP contribution in [0.25, 0.3) is 0 Å². The number of pyridine rings is 1. The van der Waals surface area contributed by atoms with E-state index in [9.17, 15) is 0 Å². The number of hydrogen-bond acceptors (Lipinski definition) is 2. The second-order valence-electron chi connectivity index (χ2n) is 4.74. The summed E-state index contributed by atoms with van der Waals surface area (Å²) >= 11 is 6.91. The van der Waals surface area contributed by atoms with E-state index >= 15 is 0 Å². The fourth-order valence-corrected chi connectivity index (χ4v) is 2.55. The quantitative estimate of drug-likeness (QED) is 0.750. The van der Waals surface area contributed by atoms with Gasteiger partial charge >= 0.3 is 0 Å². The van der Waals surface area contributed by atoms with Gasteiger partial charge < -0.3 is 5.32 Å². The van der Waals surface area contributed by atoms with Gasteiger partial charge in [0.25, 0.3) is 0 Å². The van der Waals surface area contributed by atoms with Gasteiger partial charge in [0.05, 0.1) is 11.7 Å². The average molecular weight is 398 g/mol. The van der Waals surface area contributed by atoms with Crippen molar-refractivity contribution in [2.24, 2.45) is 0 Å². The van der Waals surface area contributed by atoms with Crippen molar-refractivity contribution in [3.05, 3.63) is 62.8 Å². The Hall–Kier alpha value is -0.710. The smallest absolute Gasteiger partial charge is 0.0577 e. The highest BCUT2D eigenvalue weighted by molar-refractivity contribution is 9.10. The van der Waals surface area contributed by atoms with Crippen molar-refractivity contribution in [3.63, 3.8) is 0 Å². The van der Waals surface area contributed by atoms with Crippen molar-refractivity contribution in [2.45, 2.75) is 25.8 Å². The minimum atomic E-state index is 0.254. The van der Waals surface area contributed by atoms with Gasteiger partial charge in [0, 0.05) is 15.1 Å². The summed E-state index contributed by atoms with van der Waals surface area (Å²) in [5, 5.41) is 3.58. The number of halogens is 2. The summed E-state index contributed by atoms with van der Waals surface area (Å²) in [6, 6.07) is 12.9. The van der Waals surface area contributed by atoms with Gasteiger partial charge in [-0.05, 0) is 65.1 Å². The van der Waals surface area contributed by atoms with Crippen LogP contribution < -0.4 is 5.32 Å². The number of nitrogens with zero attached hydrogens (tertiary/aromatic N) is 1. The van der Waals surface area contributed by atoms with E-state index in [4.69, 9.17) is 0 Å². The third-order valence-corrected chi connectivity index (χ3v) is 4.10. The Morgan fingerprint density at radius 3 is 2.35 bits per heavy atom. The van der Waals surface area contributed by atoms with E-state index in [0.29, 0.717) is 0 Å². The van der Waals surface area contributed by atoms with Crippen molar-refractivity contribution in [2.75, 3.05) is 6.54 Å². The van der Waals surface area contributed by atoms with Gasteiger partial charge in [-0.1, -0.05) is 35.0 Å². The molecule has 0 saturated heterocycles. The summed E-state index contributed by atoms with van der Waals surface area (Å²) in [4.78, 5) is 4.53. The molecule has 20 heavy (non-hydrogen) atoms. The van der Waals surface area contributed by atoms with Crippen LogP contribution in [0.4, 0.5) is 0 Å². The maximum atomic E-state index is 4.53. The van der Waals surface area contributed by atoms with Crippen molar-refractivity contribution in [1.29, 1.82) is 0 Å². The van der Waals surface area contributed by atoms with E-state index in [1.165, 1.54) is 5.56 Å². The predicted molar refractivity (Wildman–Crippen MR) is 90.8 cm³/mol. The Morgan fingerprint density at radius 2 is 1.75 bits per heavy atom. The molecule has 4 heteroatoms. The second-order valence-corrected chi connectivity index (χ2v) is 6.57. The van der Waals surface area contributed by atoms with Gasteiger partial charge in [0.15, 0.2) is 0 Å². The van der Waals surface area contributed by atoms with Gasteiger partial charge in [0.1, 0.15) is 0 Å². The maximum Gasteiger partial charge on any atom is 0.0577 e. The first-order valence-corrected chi connectivity index (χ1v) is 8.37. The standard InChI is InChI=1S/C16H18Br2N2/c1-2-9-19-16(15-8-7-14(18)11-20-15)10-12-3-5-13(17)6-4-12/h3-8,11,16,19H,2,9-10H2,1H3. The molecule has 2 aromatic rings. The van der Waals surface area contributed by atoms with Crippen LogP contribution in [-0.2, 0) is 6.42 Å². The van der Waals surface area contributed by atoms with Crippen LogP contribution in [0.3, 0.4) is 0 Å². The molecule has 106 valence electrons. The molecule has 0 radical (unpaired) electrons. The normalized spacial score (nSPS) is 12.3. The van der Waals surface area contributed by atoms with Crippen LogP contribution in [0, 0.1) is 0 Å². The Bertz CT molecular complexity index is 523. The highest BCUT2D eigenvalue weighted by Crippen LogP contribution is 2.20. The Labute approximate surface area is 137 Å². The Kier molecular flexibility index (Phi) is 6.20. The number of hydrogen-bond donors (Lipinski definition) is 1. The summed E-state index contributed by atoms with van der Waals surface area (Å²) in [5.74, 6) is 0. The van der Waals surface area contributed by atoms with Crippen LogP contribution in [0.15, 0.2) is 51.5 Å². The van der Waals surface area contributed by atoms with Crippen LogP contribution in [-0.4, -0.2) is 11.5 Å². The maximum absolute atomic E-state index is 4.53. The van der Waals surface area contributed by atoms with Crippen LogP contribution >= 0.6 is 31.9 Å². The number of benzene rings is 1. The molecule has 0 saturated carbocycles. The molecule has 1 aromatic carbocycles. The van der Waals surface area contributed by atoms with E-state index in [0.717, 1.165) is 34.0 Å². The minimum Gasteiger partial charge on any atom is -0.308 e. The fourth-order valence-electron chi connectivity index (χ4n) is 2.05. The van der Waals surface area contributed by atoms with Crippen LogP contribution in [0.1, 0.15) is 30.6 Å². The van der Waals surface area contributed by atoms with E-state index in [1.807, 2.05) is 12.3 Å². The van der Waals surface area contributed by atoms with Gasteiger partial charge in [-0.15, -0.1) is 0 Å². The first kappa shape index (κ1) is 15.7. The second kappa shape index (κ2) is 7.91. The van der Waals surface area contributed by atoms with Crippen molar-refractivity contribution in [3.8, 4) is 0 Å². The molecule has 0 aliphatic rings. The van der Waals surface area contributed by atoms with Crippen molar-refractivity contribution < 1.29 is 0 Å². The molecular formula is C16H18Br2N2. The molecule has 1 unspecified atom stereocenters.